The van der Waals surface area contributed by atoms with Crippen molar-refractivity contribution in [2.75, 3.05) is 26.2 Å². The van der Waals surface area contributed by atoms with Gasteiger partial charge in [-0.3, -0.25) is 9.59 Å². The highest BCUT2D eigenvalue weighted by atomic mass is 35.5. The van der Waals surface area contributed by atoms with Gasteiger partial charge in [-0.1, -0.05) is 17.7 Å². The topological polar surface area (TPSA) is 61.4 Å². The van der Waals surface area contributed by atoms with Gasteiger partial charge in [-0.2, -0.15) is 0 Å². The van der Waals surface area contributed by atoms with Crippen molar-refractivity contribution in [3.05, 3.63) is 34.9 Å². The van der Waals surface area contributed by atoms with Crippen LogP contribution in [0.5, 0.6) is 0 Å². The third-order valence-corrected chi connectivity index (χ3v) is 4.81. The number of nitrogens with zero attached hydrogens (tertiary/aromatic N) is 1. The van der Waals surface area contributed by atoms with Crippen molar-refractivity contribution < 1.29 is 9.59 Å². The van der Waals surface area contributed by atoms with Crippen LogP contribution in [-0.2, 0) is 4.79 Å². The molecule has 0 radical (unpaired) electrons. The highest BCUT2D eigenvalue weighted by molar-refractivity contribution is 6.30. The summed E-state index contributed by atoms with van der Waals surface area (Å²) in [5.74, 6) is 0.377. The van der Waals surface area contributed by atoms with E-state index in [9.17, 15) is 9.59 Å². The Morgan fingerprint density at radius 1 is 1.30 bits per heavy atom. The molecule has 2 fully saturated rings. The number of halogens is 1. The minimum atomic E-state index is -0.123. The van der Waals surface area contributed by atoms with E-state index in [0.717, 1.165) is 38.9 Å². The highest BCUT2D eigenvalue weighted by Gasteiger charge is 2.33. The van der Waals surface area contributed by atoms with Gasteiger partial charge < -0.3 is 15.5 Å². The SMILES string of the molecule is O=C(NC[C@@H]1CN[C@H](C(=O)N2CCCC2)C1)c1cccc(Cl)c1. The number of carbonyl (C=O) groups excluding carboxylic acids is 2. The van der Waals surface area contributed by atoms with Gasteiger partial charge in [-0.25, -0.2) is 0 Å². The molecule has 2 atom stereocenters. The molecule has 0 unspecified atom stereocenters. The van der Waals surface area contributed by atoms with Crippen molar-refractivity contribution in [2.45, 2.75) is 25.3 Å². The lowest BCUT2D eigenvalue weighted by atomic mass is 10.0. The number of likely N-dealkylation sites (tertiary alicyclic amines) is 1. The van der Waals surface area contributed by atoms with Crippen LogP contribution in [0.2, 0.25) is 5.02 Å². The quantitative estimate of drug-likeness (QED) is 0.880. The van der Waals surface area contributed by atoms with Crippen LogP contribution in [-0.4, -0.2) is 48.9 Å². The van der Waals surface area contributed by atoms with Crippen LogP contribution in [0, 0.1) is 5.92 Å². The molecule has 2 heterocycles. The average molecular weight is 336 g/mol. The van der Waals surface area contributed by atoms with E-state index in [1.165, 1.54) is 0 Å². The lowest BCUT2D eigenvalue weighted by Crippen LogP contribution is -2.42. The van der Waals surface area contributed by atoms with Crippen molar-refractivity contribution in [2.24, 2.45) is 5.92 Å². The minimum absolute atomic E-state index is 0.0961. The third-order valence-electron chi connectivity index (χ3n) is 4.58. The number of benzene rings is 1. The fraction of sp³-hybridized carbons (Fsp3) is 0.529. The van der Waals surface area contributed by atoms with Crippen LogP contribution < -0.4 is 10.6 Å². The van der Waals surface area contributed by atoms with Gasteiger partial charge in [0.05, 0.1) is 6.04 Å². The zero-order valence-corrected chi connectivity index (χ0v) is 13.8. The highest BCUT2D eigenvalue weighted by Crippen LogP contribution is 2.18. The number of nitrogens with one attached hydrogen (secondary N) is 2. The Kier molecular flexibility index (Phi) is 5.18. The van der Waals surface area contributed by atoms with Gasteiger partial charge in [0.15, 0.2) is 0 Å². The van der Waals surface area contributed by atoms with E-state index in [4.69, 9.17) is 11.6 Å². The zero-order valence-electron chi connectivity index (χ0n) is 13.1. The molecular weight excluding hydrogens is 314 g/mol. The van der Waals surface area contributed by atoms with Crippen molar-refractivity contribution in [1.29, 1.82) is 0 Å². The van der Waals surface area contributed by atoms with Crippen LogP contribution in [0.4, 0.5) is 0 Å². The molecule has 23 heavy (non-hydrogen) atoms. The first-order chi connectivity index (χ1) is 11.1. The average Bonchev–Trinajstić information content (AvgIpc) is 3.23. The molecule has 1 aromatic carbocycles. The molecule has 124 valence electrons. The summed E-state index contributed by atoms with van der Waals surface area (Å²) in [6.07, 6.45) is 3.00. The van der Waals surface area contributed by atoms with Crippen LogP contribution in [0.15, 0.2) is 24.3 Å². The molecule has 2 saturated heterocycles. The molecule has 0 aliphatic carbocycles. The second-order valence-electron chi connectivity index (χ2n) is 6.32. The van der Waals surface area contributed by atoms with Crippen molar-refractivity contribution in [1.82, 2.24) is 15.5 Å². The first-order valence-electron chi connectivity index (χ1n) is 8.19. The summed E-state index contributed by atoms with van der Waals surface area (Å²) in [4.78, 5) is 26.4. The van der Waals surface area contributed by atoms with E-state index in [0.29, 0.717) is 17.1 Å². The molecule has 2 amide bonds. The first-order valence-corrected chi connectivity index (χ1v) is 8.57. The maximum atomic E-state index is 12.4. The summed E-state index contributed by atoms with van der Waals surface area (Å²) in [6.45, 7) is 3.10. The van der Waals surface area contributed by atoms with Crippen LogP contribution in [0.25, 0.3) is 0 Å². The minimum Gasteiger partial charge on any atom is -0.352 e. The first kappa shape index (κ1) is 16.3. The van der Waals surface area contributed by atoms with Gasteiger partial charge in [0.2, 0.25) is 5.91 Å². The largest absolute Gasteiger partial charge is 0.352 e. The Labute approximate surface area is 141 Å². The van der Waals surface area contributed by atoms with Crippen molar-refractivity contribution >= 4 is 23.4 Å². The lowest BCUT2D eigenvalue weighted by molar-refractivity contribution is -0.132. The van der Waals surface area contributed by atoms with Crippen molar-refractivity contribution in [3.63, 3.8) is 0 Å². The monoisotopic (exact) mass is 335 g/mol. The predicted molar refractivity (Wildman–Crippen MR) is 89.5 cm³/mol. The molecular formula is C17H22ClN3O2. The Hall–Kier alpha value is -1.59. The van der Waals surface area contributed by atoms with Gasteiger partial charge in [0, 0.05) is 36.8 Å². The zero-order chi connectivity index (χ0) is 16.2. The van der Waals surface area contributed by atoms with Crippen molar-refractivity contribution in [3.8, 4) is 0 Å². The van der Waals surface area contributed by atoms with Gasteiger partial charge in [0.1, 0.15) is 0 Å². The Balaban J connectivity index is 1.46. The van der Waals surface area contributed by atoms with Crippen LogP contribution in [0.3, 0.4) is 0 Å². The molecule has 0 spiro atoms. The fourth-order valence-corrected chi connectivity index (χ4v) is 3.47. The summed E-state index contributed by atoms with van der Waals surface area (Å²) in [7, 11) is 0. The fourth-order valence-electron chi connectivity index (χ4n) is 3.28. The number of carbonyl (C=O) groups is 2. The Morgan fingerprint density at radius 3 is 2.83 bits per heavy atom. The molecule has 2 aliphatic rings. The molecule has 2 N–H and O–H groups in total. The summed E-state index contributed by atoms with van der Waals surface area (Å²) >= 11 is 5.90. The summed E-state index contributed by atoms with van der Waals surface area (Å²) in [5.41, 5.74) is 0.563. The van der Waals surface area contributed by atoms with Crippen LogP contribution in [0.1, 0.15) is 29.6 Å². The number of hydrogen-bond acceptors (Lipinski definition) is 3. The van der Waals surface area contributed by atoms with Gasteiger partial charge in [0.25, 0.3) is 5.91 Å². The molecule has 5 nitrogen and oxygen atoms in total. The maximum Gasteiger partial charge on any atom is 0.251 e. The summed E-state index contributed by atoms with van der Waals surface area (Å²) in [6, 6.07) is 6.81. The second-order valence-corrected chi connectivity index (χ2v) is 6.75. The molecule has 0 aromatic heterocycles. The molecule has 0 bridgehead atoms. The summed E-state index contributed by atoms with van der Waals surface area (Å²) in [5, 5.41) is 6.78. The van der Waals surface area contributed by atoms with Gasteiger partial charge >= 0.3 is 0 Å². The second kappa shape index (κ2) is 7.32. The molecule has 3 rings (SSSR count). The number of amides is 2. The van der Waals surface area contributed by atoms with E-state index < -0.39 is 0 Å². The predicted octanol–water partition coefficient (Wildman–Crippen LogP) is 1.67. The number of hydrogen-bond donors (Lipinski definition) is 2. The Morgan fingerprint density at radius 2 is 2.09 bits per heavy atom. The van der Waals surface area contributed by atoms with E-state index >= 15 is 0 Å². The van der Waals surface area contributed by atoms with E-state index in [-0.39, 0.29) is 23.8 Å². The molecule has 6 heteroatoms. The van der Waals surface area contributed by atoms with Gasteiger partial charge in [-0.05, 0) is 43.4 Å². The molecule has 2 aliphatic heterocycles. The normalized spacial score (nSPS) is 24.0. The standard InChI is InChI=1S/C17H22ClN3O2/c18-14-5-3-4-13(9-14)16(22)20-11-12-8-15(19-10-12)17(23)21-6-1-2-7-21/h3-5,9,12,15,19H,1-2,6-8,10-11H2,(H,20,22)/t12-,15-/m0/s1. The summed E-state index contributed by atoms with van der Waals surface area (Å²) < 4.78 is 0. The maximum absolute atomic E-state index is 12.4. The Bertz CT molecular complexity index is 587. The molecule has 0 saturated carbocycles. The number of rotatable bonds is 4. The van der Waals surface area contributed by atoms with Gasteiger partial charge in [-0.15, -0.1) is 0 Å². The van der Waals surface area contributed by atoms with E-state index in [2.05, 4.69) is 10.6 Å². The van der Waals surface area contributed by atoms with E-state index in [1.54, 1.807) is 24.3 Å². The third kappa shape index (κ3) is 4.03. The van der Waals surface area contributed by atoms with E-state index in [1.807, 2.05) is 4.90 Å². The van der Waals surface area contributed by atoms with Crippen LogP contribution >= 0.6 is 11.6 Å². The lowest BCUT2D eigenvalue weighted by Gasteiger charge is -2.20. The smallest absolute Gasteiger partial charge is 0.251 e. The molecule has 1 aromatic rings.